The minimum atomic E-state index is 0.140. The Morgan fingerprint density at radius 2 is 1.66 bits per heavy atom. The molecule has 32 heavy (non-hydrogen) atoms. The first kappa shape index (κ1) is 20.2. The number of nitrogens with zero attached hydrogens (tertiary/aromatic N) is 2. The second-order valence-corrected chi connectivity index (χ2v) is 8.12. The first-order valence-corrected chi connectivity index (χ1v) is 10.8. The fourth-order valence-electron chi connectivity index (χ4n) is 4.60. The van der Waals surface area contributed by atoms with Crippen LogP contribution in [-0.4, -0.2) is 31.2 Å². The molecule has 0 radical (unpaired) electrons. The number of methoxy groups -OCH3 is 2. The topological polar surface area (TPSA) is 43.7 Å². The van der Waals surface area contributed by atoms with Crippen LogP contribution in [0.4, 0.5) is 5.69 Å². The quantitative estimate of drug-likeness (QED) is 0.443. The molecule has 0 N–H and O–H groups in total. The number of para-hydroxylation sites is 2. The van der Waals surface area contributed by atoms with Gasteiger partial charge in [-0.1, -0.05) is 36.4 Å². The molecule has 0 fully saturated rings. The first-order chi connectivity index (χ1) is 15.7. The number of fused-ring (bicyclic) bond motifs is 2. The van der Waals surface area contributed by atoms with Crippen molar-refractivity contribution >= 4 is 22.5 Å². The van der Waals surface area contributed by atoms with Gasteiger partial charge in [-0.05, 0) is 47.4 Å². The predicted octanol–water partition coefficient (Wildman–Crippen LogP) is 4.84. The number of hydrogen-bond acceptors (Lipinski definition) is 3. The van der Waals surface area contributed by atoms with Crippen LogP contribution in [0, 0.1) is 0 Å². The number of amides is 1. The number of aromatic nitrogens is 1. The second kappa shape index (κ2) is 8.42. The van der Waals surface area contributed by atoms with Gasteiger partial charge in [0.05, 0.1) is 20.6 Å². The highest BCUT2D eigenvalue weighted by Crippen LogP contribution is 2.30. The summed E-state index contributed by atoms with van der Waals surface area (Å²) >= 11 is 0. The summed E-state index contributed by atoms with van der Waals surface area (Å²) < 4.78 is 13.1. The third-order valence-corrected chi connectivity index (χ3v) is 6.17. The minimum Gasteiger partial charge on any atom is -0.497 e. The van der Waals surface area contributed by atoms with Crippen LogP contribution in [0.25, 0.3) is 10.9 Å². The van der Waals surface area contributed by atoms with Crippen LogP contribution in [0.3, 0.4) is 0 Å². The Bertz CT molecular complexity index is 1270. The minimum absolute atomic E-state index is 0.140. The molecule has 5 rings (SSSR count). The standard InChI is InChI=1S/C27H26N2O3/c1-31-22-13-19(14-23(16-22)32-2)17-28-18-21(24-8-4-6-10-26(24)28)15-27(30)29-12-11-20-7-3-5-9-25(20)29/h3-10,13-14,16,18H,11-12,15,17H2,1-2H3. The van der Waals surface area contributed by atoms with E-state index in [9.17, 15) is 4.79 Å². The Balaban J connectivity index is 1.45. The SMILES string of the molecule is COc1cc(Cn2cc(CC(=O)N3CCc4ccccc43)c3ccccc32)cc(OC)c1. The van der Waals surface area contributed by atoms with Gasteiger partial charge in [-0.3, -0.25) is 4.79 Å². The molecule has 0 spiro atoms. The highest BCUT2D eigenvalue weighted by atomic mass is 16.5. The van der Waals surface area contributed by atoms with Gasteiger partial charge < -0.3 is 18.9 Å². The lowest BCUT2D eigenvalue weighted by Gasteiger charge is -2.17. The van der Waals surface area contributed by atoms with Crippen LogP contribution >= 0.6 is 0 Å². The molecule has 5 heteroatoms. The molecule has 5 nitrogen and oxygen atoms in total. The van der Waals surface area contributed by atoms with Crippen LogP contribution < -0.4 is 14.4 Å². The van der Waals surface area contributed by atoms with E-state index >= 15 is 0 Å². The summed E-state index contributed by atoms with van der Waals surface area (Å²) in [6.07, 6.45) is 3.40. The Kier molecular flexibility index (Phi) is 5.31. The number of carbonyl (C=O) groups excluding carboxylic acids is 1. The van der Waals surface area contributed by atoms with E-state index in [1.165, 1.54) is 5.56 Å². The number of anilines is 1. The van der Waals surface area contributed by atoms with Crippen LogP contribution in [0.1, 0.15) is 16.7 Å². The monoisotopic (exact) mass is 426 g/mol. The van der Waals surface area contributed by atoms with Crippen molar-refractivity contribution in [3.63, 3.8) is 0 Å². The number of benzene rings is 3. The summed E-state index contributed by atoms with van der Waals surface area (Å²) in [5.74, 6) is 1.67. The van der Waals surface area contributed by atoms with Crippen molar-refractivity contribution in [3.8, 4) is 11.5 Å². The van der Waals surface area contributed by atoms with Crippen molar-refractivity contribution in [2.75, 3.05) is 25.7 Å². The van der Waals surface area contributed by atoms with E-state index in [0.29, 0.717) is 13.0 Å². The molecular formula is C27H26N2O3. The lowest BCUT2D eigenvalue weighted by Crippen LogP contribution is -2.30. The van der Waals surface area contributed by atoms with Crippen molar-refractivity contribution in [1.29, 1.82) is 0 Å². The first-order valence-electron chi connectivity index (χ1n) is 10.8. The summed E-state index contributed by atoms with van der Waals surface area (Å²) in [4.78, 5) is 15.2. The normalized spacial score (nSPS) is 12.8. The van der Waals surface area contributed by atoms with Crippen LogP contribution in [-0.2, 0) is 24.2 Å². The van der Waals surface area contributed by atoms with Gasteiger partial charge in [0.15, 0.2) is 0 Å². The third-order valence-electron chi connectivity index (χ3n) is 6.17. The summed E-state index contributed by atoms with van der Waals surface area (Å²) in [5, 5.41) is 1.11. The number of ether oxygens (including phenoxy) is 2. The summed E-state index contributed by atoms with van der Waals surface area (Å²) in [6.45, 7) is 1.41. The van der Waals surface area contributed by atoms with Gasteiger partial charge in [-0.2, -0.15) is 0 Å². The van der Waals surface area contributed by atoms with Crippen molar-refractivity contribution in [1.82, 2.24) is 4.57 Å². The van der Waals surface area contributed by atoms with Gasteiger partial charge in [0.25, 0.3) is 0 Å². The van der Waals surface area contributed by atoms with Gasteiger partial charge in [0, 0.05) is 41.9 Å². The van der Waals surface area contributed by atoms with Gasteiger partial charge >= 0.3 is 0 Å². The average Bonchev–Trinajstić information content (AvgIpc) is 3.41. The summed E-state index contributed by atoms with van der Waals surface area (Å²) in [6, 6.07) is 22.4. The summed E-state index contributed by atoms with van der Waals surface area (Å²) in [5.41, 5.74) is 5.53. The van der Waals surface area contributed by atoms with E-state index in [1.807, 2.05) is 53.4 Å². The molecule has 2 heterocycles. The molecule has 1 aromatic heterocycles. The van der Waals surface area contributed by atoms with Crippen LogP contribution in [0.5, 0.6) is 11.5 Å². The molecule has 0 saturated carbocycles. The molecule has 1 aliphatic heterocycles. The van der Waals surface area contributed by atoms with Crippen LogP contribution in [0.15, 0.2) is 72.9 Å². The second-order valence-electron chi connectivity index (χ2n) is 8.12. The molecule has 0 unspecified atom stereocenters. The van der Waals surface area contributed by atoms with E-state index in [1.54, 1.807) is 14.2 Å². The van der Waals surface area contributed by atoms with Gasteiger partial charge in [0.1, 0.15) is 11.5 Å². The molecule has 0 bridgehead atoms. The number of carbonyl (C=O) groups is 1. The fourth-order valence-corrected chi connectivity index (χ4v) is 4.60. The van der Waals surface area contributed by atoms with Crippen LogP contribution in [0.2, 0.25) is 0 Å². The zero-order valence-electron chi connectivity index (χ0n) is 18.4. The van der Waals surface area contributed by atoms with E-state index in [-0.39, 0.29) is 5.91 Å². The van der Waals surface area contributed by atoms with Gasteiger partial charge in [-0.15, -0.1) is 0 Å². The highest BCUT2D eigenvalue weighted by molar-refractivity contribution is 5.99. The summed E-state index contributed by atoms with van der Waals surface area (Å²) in [7, 11) is 3.31. The maximum atomic E-state index is 13.2. The molecule has 162 valence electrons. The highest BCUT2D eigenvalue weighted by Gasteiger charge is 2.25. The number of rotatable bonds is 6. The Labute approximate surface area is 187 Å². The zero-order chi connectivity index (χ0) is 22.1. The van der Waals surface area contributed by atoms with Crippen molar-refractivity contribution in [2.45, 2.75) is 19.4 Å². The molecule has 4 aromatic rings. The van der Waals surface area contributed by atoms with Crippen molar-refractivity contribution in [2.24, 2.45) is 0 Å². The van der Waals surface area contributed by atoms with E-state index in [4.69, 9.17) is 9.47 Å². The third kappa shape index (κ3) is 3.71. The number of hydrogen-bond donors (Lipinski definition) is 0. The van der Waals surface area contributed by atoms with E-state index < -0.39 is 0 Å². The molecule has 0 saturated heterocycles. The maximum Gasteiger partial charge on any atom is 0.231 e. The predicted molar refractivity (Wildman–Crippen MR) is 127 cm³/mol. The largest absolute Gasteiger partial charge is 0.497 e. The molecule has 0 aliphatic carbocycles. The fraction of sp³-hybridized carbons (Fsp3) is 0.222. The average molecular weight is 427 g/mol. The van der Waals surface area contributed by atoms with Crippen molar-refractivity contribution < 1.29 is 14.3 Å². The maximum absolute atomic E-state index is 13.2. The van der Waals surface area contributed by atoms with Gasteiger partial charge in [-0.25, -0.2) is 0 Å². The van der Waals surface area contributed by atoms with E-state index in [2.05, 4.69) is 29.0 Å². The molecule has 0 atom stereocenters. The van der Waals surface area contributed by atoms with E-state index in [0.717, 1.165) is 52.2 Å². The lowest BCUT2D eigenvalue weighted by atomic mass is 10.1. The zero-order valence-corrected chi connectivity index (χ0v) is 18.4. The van der Waals surface area contributed by atoms with Gasteiger partial charge in [0.2, 0.25) is 5.91 Å². The molecule has 3 aromatic carbocycles. The molecular weight excluding hydrogens is 400 g/mol. The Hall–Kier alpha value is -3.73. The smallest absolute Gasteiger partial charge is 0.231 e. The molecule has 1 aliphatic rings. The van der Waals surface area contributed by atoms with Crippen molar-refractivity contribution in [3.05, 3.63) is 89.6 Å². The lowest BCUT2D eigenvalue weighted by molar-refractivity contribution is -0.117. The Morgan fingerprint density at radius 1 is 0.938 bits per heavy atom. The Morgan fingerprint density at radius 3 is 2.44 bits per heavy atom. The molecule has 1 amide bonds.